The minimum Gasteiger partial charge on any atom is -0.381 e. The number of rotatable bonds is 2. The van der Waals surface area contributed by atoms with Crippen molar-refractivity contribution in [3.63, 3.8) is 0 Å². The molecule has 0 radical (unpaired) electrons. The summed E-state index contributed by atoms with van der Waals surface area (Å²) in [5.74, 6) is 1.75. The number of H-pyrrole nitrogens is 1. The van der Waals surface area contributed by atoms with Crippen LogP contribution in [0.2, 0.25) is 0 Å². The summed E-state index contributed by atoms with van der Waals surface area (Å²) < 4.78 is 7.46. The van der Waals surface area contributed by atoms with E-state index >= 15 is 0 Å². The van der Waals surface area contributed by atoms with Gasteiger partial charge in [0.15, 0.2) is 0 Å². The van der Waals surface area contributed by atoms with Crippen LogP contribution in [0.5, 0.6) is 0 Å². The molecule has 1 aromatic carbocycles. The maximum atomic E-state index is 13.4. The topological polar surface area (TPSA) is 92.6 Å². The molecule has 2 aliphatic heterocycles. The van der Waals surface area contributed by atoms with Gasteiger partial charge in [-0.1, -0.05) is 6.07 Å². The number of nitrogens with one attached hydrogen (secondary N) is 1. The van der Waals surface area contributed by atoms with Gasteiger partial charge in [0.05, 0.1) is 17.2 Å². The Labute approximate surface area is 183 Å². The molecule has 0 atom stereocenters. The molecule has 0 spiro atoms. The third-order valence-corrected chi connectivity index (χ3v) is 6.73. The third kappa shape index (κ3) is 2.79. The first kappa shape index (κ1) is 19.2. The molecule has 8 nitrogen and oxygen atoms in total. The molecule has 32 heavy (non-hydrogen) atoms. The van der Waals surface area contributed by atoms with Crippen molar-refractivity contribution in [1.82, 2.24) is 19.4 Å². The van der Waals surface area contributed by atoms with Crippen molar-refractivity contribution in [2.45, 2.75) is 32.1 Å². The van der Waals surface area contributed by atoms with E-state index in [1.54, 1.807) is 17.3 Å². The largest absolute Gasteiger partial charge is 0.381 e. The number of nitrogens with zero attached hydrogens (tertiary/aromatic N) is 4. The first-order valence-electron chi connectivity index (χ1n) is 11.0. The lowest BCUT2D eigenvalue weighted by Gasteiger charge is -2.22. The van der Waals surface area contributed by atoms with Crippen molar-refractivity contribution in [3.05, 3.63) is 69.5 Å². The zero-order valence-corrected chi connectivity index (χ0v) is 17.8. The average molecular weight is 429 g/mol. The summed E-state index contributed by atoms with van der Waals surface area (Å²) in [5.41, 5.74) is 4.24. The molecule has 8 heteroatoms. The summed E-state index contributed by atoms with van der Waals surface area (Å²) in [6.45, 7) is 3.89. The molecule has 3 aromatic heterocycles. The van der Waals surface area contributed by atoms with Crippen LogP contribution in [-0.2, 0) is 11.2 Å². The fraction of sp³-hybridized carbons (Fsp3) is 0.333. The highest BCUT2D eigenvalue weighted by Gasteiger charge is 2.29. The molecular formula is C24H23N5O3. The highest BCUT2D eigenvalue weighted by molar-refractivity contribution is 6.09. The van der Waals surface area contributed by atoms with E-state index in [0.717, 1.165) is 47.5 Å². The minimum absolute atomic E-state index is 0.0990. The maximum Gasteiger partial charge on any atom is 0.274 e. The minimum atomic E-state index is -0.204. The predicted octanol–water partition coefficient (Wildman–Crippen LogP) is 2.98. The van der Waals surface area contributed by atoms with Crippen LogP contribution < -0.4 is 10.5 Å². The highest BCUT2D eigenvalue weighted by atomic mass is 16.5. The Bertz CT molecular complexity index is 1430. The zero-order valence-electron chi connectivity index (χ0n) is 17.8. The Morgan fingerprint density at radius 1 is 1.16 bits per heavy atom. The maximum absolute atomic E-state index is 13.4. The number of aryl methyl sites for hydroxylation is 1. The molecular weight excluding hydrogens is 406 g/mol. The summed E-state index contributed by atoms with van der Waals surface area (Å²) in [6, 6.07) is 7.67. The Balaban J connectivity index is 1.50. The number of hydrogen-bond donors (Lipinski definition) is 1. The van der Waals surface area contributed by atoms with Crippen molar-refractivity contribution >= 4 is 28.3 Å². The number of ether oxygens (including phenoxy) is 1. The van der Waals surface area contributed by atoms with E-state index in [2.05, 4.69) is 15.0 Å². The highest BCUT2D eigenvalue weighted by Crippen LogP contribution is 2.31. The van der Waals surface area contributed by atoms with E-state index in [4.69, 9.17) is 4.74 Å². The molecule has 162 valence electrons. The van der Waals surface area contributed by atoms with E-state index in [1.165, 1.54) is 0 Å². The molecule has 0 bridgehead atoms. The second-order valence-corrected chi connectivity index (χ2v) is 8.50. The van der Waals surface area contributed by atoms with Gasteiger partial charge in [-0.2, -0.15) is 0 Å². The zero-order chi connectivity index (χ0) is 21.8. The number of aromatic amines is 1. The van der Waals surface area contributed by atoms with Crippen molar-refractivity contribution in [2.75, 3.05) is 24.7 Å². The van der Waals surface area contributed by atoms with Crippen LogP contribution in [0.1, 0.15) is 46.1 Å². The van der Waals surface area contributed by atoms with E-state index in [1.807, 2.05) is 35.6 Å². The lowest BCUT2D eigenvalue weighted by molar-refractivity contribution is 0.0835. The van der Waals surface area contributed by atoms with Gasteiger partial charge in [0.1, 0.15) is 17.2 Å². The number of carbonyl (C=O) groups excluding carboxylic acids is 1. The average Bonchev–Trinajstić information content (AvgIpc) is 3.46. The van der Waals surface area contributed by atoms with Gasteiger partial charge in [0.25, 0.3) is 11.5 Å². The molecule has 5 heterocycles. The van der Waals surface area contributed by atoms with E-state index in [-0.39, 0.29) is 17.4 Å². The smallest absolute Gasteiger partial charge is 0.274 e. The predicted molar refractivity (Wildman–Crippen MR) is 120 cm³/mol. The molecule has 0 saturated carbocycles. The lowest BCUT2D eigenvalue weighted by Crippen LogP contribution is -2.30. The summed E-state index contributed by atoms with van der Waals surface area (Å²) in [6.07, 6.45) is 5.91. The molecule has 0 unspecified atom stereocenters. The second kappa shape index (κ2) is 7.27. The number of anilines is 1. The van der Waals surface area contributed by atoms with Gasteiger partial charge < -0.3 is 9.72 Å². The summed E-state index contributed by atoms with van der Waals surface area (Å²) in [4.78, 5) is 40.1. The summed E-state index contributed by atoms with van der Waals surface area (Å²) in [5, 5.41) is 0. The van der Waals surface area contributed by atoms with Crippen molar-refractivity contribution in [2.24, 2.45) is 0 Å². The van der Waals surface area contributed by atoms with Crippen LogP contribution in [0.4, 0.5) is 5.82 Å². The molecule has 0 aliphatic carbocycles. The molecule has 4 aromatic rings. The van der Waals surface area contributed by atoms with Gasteiger partial charge >= 0.3 is 0 Å². The fourth-order valence-electron chi connectivity index (χ4n) is 5.02. The van der Waals surface area contributed by atoms with E-state index < -0.39 is 0 Å². The number of pyridine rings is 1. The van der Waals surface area contributed by atoms with Crippen LogP contribution in [0.15, 0.2) is 41.5 Å². The number of hydrogen-bond acceptors (Lipinski definition) is 5. The number of imidazole rings is 1. The van der Waals surface area contributed by atoms with Gasteiger partial charge in [-0.15, -0.1) is 0 Å². The van der Waals surface area contributed by atoms with Gasteiger partial charge in [-0.05, 0) is 55.5 Å². The summed E-state index contributed by atoms with van der Waals surface area (Å²) >= 11 is 0. The van der Waals surface area contributed by atoms with Crippen LogP contribution in [0.3, 0.4) is 0 Å². The Morgan fingerprint density at radius 3 is 2.84 bits per heavy atom. The molecule has 1 N–H and O–H groups in total. The molecule has 1 fully saturated rings. The van der Waals surface area contributed by atoms with Crippen molar-refractivity contribution in [1.29, 1.82) is 0 Å². The second-order valence-electron chi connectivity index (χ2n) is 8.50. The molecule has 1 saturated heterocycles. The van der Waals surface area contributed by atoms with Gasteiger partial charge in [-0.25, -0.2) is 9.97 Å². The van der Waals surface area contributed by atoms with Gasteiger partial charge in [0.2, 0.25) is 0 Å². The molecule has 1 amide bonds. The first-order chi connectivity index (χ1) is 15.6. The van der Waals surface area contributed by atoms with E-state index in [9.17, 15) is 9.59 Å². The number of aromatic nitrogens is 4. The van der Waals surface area contributed by atoms with Gasteiger partial charge in [-0.3, -0.25) is 18.9 Å². The SMILES string of the molecule is Cc1c(C(=O)N2CCc3cccnc32)ccc2c1[nH]c(=O)c1cnc(C3CCOCC3)n12. The number of amides is 1. The number of benzene rings is 1. The molecule has 2 aliphatic rings. The van der Waals surface area contributed by atoms with Crippen LogP contribution in [-0.4, -0.2) is 45.0 Å². The Hall–Kier alpha value is -3.52. The van der Waals surface area contributed by atoms with Crippen molar-refractivity contribution in [3.8, 4) is 0 Å². The quantitative estimate of drug-likeness (QED) is 0.529. The summed E-state index contributed by atoms with van der Waals surface area (Å²) in [7, 11) is 0. The monoisotopic (exact) mass is 429 g/mol. The van der Waals surface area contributed by atoms with Crippen LogP contribution >= 0.6 is 0 Å². The van der Waals surface area contributed by atoms with Gasteiger partial charge in [0, 0.05) is 37.4 Å². The Kier molecular flexibility index (Phi) is 4.36. The van der Waals surface area contributed by atoms with Crippen LogP contribution in [0.25, 0.3) is 16.6 Å². The number of fused-ring (bicyclic) bond motifs is 4. The van der Waals surface area contributed by atoms with Crippen molar-refractivity contribution < 1.29 is 9.53 Å². The van der Waals surface area contributed by atoms with Crippen LogP contribution in [0, 0.1) is 6.92 Å². The normalized spacial score (nSPS) is 16.7. The fourth-order valence-corrected chi connectivity index (χ4v) is 5.02. The van der Waals surface area contributed by atoms with E-state index in [0.29, 0.717) is 36.4 Å². The molecule has 6 rings (SSSR count). The first-order valence-corrected chi connectivity index (χ1v) is 11.0. The third-order valence-electron chi connectivity index (χ3n) is 6.73. The number of carbonyl (C=O) groups is 1. The lowest BCUT2D eigenvalue weighted by atomic mass is 9.99. The Morgan fingerprint density at radius 2 is 2.00 bits per heavy atom. The standard InChI is InChI=1S/C24H23N5O3/c1-14-17(24(31)28-10-6-15-3-2-9-25-21(15)28)4-5-18-20(14)27-23(30)19-13-26-22(29(18)19)16-7-11-32-12-8-16/h2-5,9,13,16H,6-8,10-12H2,1H3,(H,27,30).